The number of nitrogens with zero attached hydrogens (tertiary/aromatic N) is 3. The quantitative estimate of drug-likeness (QED) is 0.848. The standard InChI is InChI=1S/C15H19N3O/c1-2-12-3-4-15(19-11-12)14-7-10-17-18(14)13-5-8-16-9-6-13/h5-10,12,15H,2-4,11H2,1H3. The normalized spacial score (nSPS) is 23.4. The molecule has 0 bridgehead atoms. The maximum atomic E-state index is 6.01. The van der Waals surface area contributed by atoms with Crippen molar-refractivity contribution in [1.82, 2.24) is 14.8 Å². The van der Waals surface area contributed by atoms with Crippen LogP contribution < -0.4 is 0 Å². The summed E-state index contributed by atoms with van der Waals surface area (Å²) in [6.07, 6.45) is 9.10. The highest BCUT2D eigenvalue weighted by molar-refractivity contribution is 5.30. The fraction of sp³-hybridized carbons (Fsp3) is 0.467. The average molecular weight is 257 g/mol. The number of ether oxygens (including phenoxy) is 1. The molecule has 0 amide bonds. The minimum Gasteiger partial charge on any atom is -0.372 e. The summed E-state index contributed by atoms with van der Waals surface area (Å²) >= 11 is 0. The Labute approximate surface area is 113 Å². The van der Waals surface area contributed by atoms with Gasteiger partial charge in [-0.15, -0.1) is 0 Å². The van der Waals surface area contributed by atoms with Gasteiger partial charge in [-0.05, 0) is 37.0 Å². The van der Waals surface area contributed by atoms with Gasteiger partial charge in [0, 0.05) is 18.6 Å². The summed E-state index contributed by atoms with van der Waals surface area (Å²) < 4.78 is 7.97. The Kier molecular flexibility index (Phi) is 3.60. The van der Waals surface area contributed by atoms with Gasteiger partial charge in [-0.1, -0.05) is 13.3 Å². The van der Waals surface area contributed by atoms with Crippen LogP contribution >= 0.6 is 0 Å². The molecule has 3 heterocycles. The van der Waals surface area contributed by atoms with Crippen LogP contribution in [0.25, 0.3) is 5.69 Å². The van der Waals surface area contributed by atoms with E-state index in [2.05, 4.69) is 23.1 Å². The van der Waals surface area contributed by atoms with Crippen LogP contribution in [0.1, 0.15) is 38.0 Å². The first-order chi connectivity index (χ1) is 9.38. The van der Waals surface area contributed by atoms with Crippen molar-refractivity contribution < 1.29 is 4.74 Å². The predicted molar refractivity (Wildman–Crippen MR) is 73.1 cm³/mol. The zero-order valence-corrected chi connectivity index (χ0v) is 11.2. The molecule has 2 unspecified atom stereocenters. The van der Waals surface area contributed by atoms with Crippen LogP contribution in [0.15, 0.2) is 36.8 Å². The number of rotatable bonds is 3. The van der Waals surface area contributed by atoms with Gasteiger partial charge in [0.25, 0.3) is 0 Å². The third kappa shape index (κ3) is 2.54. The molecule has 1 aliphatic heterocycles. The maximum Gasteiger partial charge on any atom is 0.0996 e. The molecule has 0 radical (unpaired) electrons. The van der Waals surface area contributed by atoms with E-state index >= 15 is 0 Å². The lowest BCUT2D eigenvalue weighted by atomic mass is 9.95. The Morgan fingerprint density at radius 3 is 2.74 bits per heavy atom. The van der Waals surface area contributed by atoms with E-state index in [1.54, 1.807) is 12.4 Å². The van der Waals surface area contributed by atoms with Crippen molar-refractivity contribution in [2.45, 2.75) is 32.3 Å². The van der Waals surface area contributed by atoms with Gasteiger partial charge < -0.3 is 4.74 Å². The summed E-state index contributed by atoms with van der Waals surface area (Å²) in [7, 11) is 0. The molecule has 4 nitrogen and oxygen atoms in total. The molecule has 1 fully saturated rings. The lowest BCUT2D eigenvalue weighted by Gasteiger charge is -2.28. The van der Waals surface area contributed by atoms with E-state index in [-0.39, 0.29) is 6.10 Å². The first kappa shape index (κ1) is 12.4. The highest BCUT2D eigenvalue weighted by atomic mass is 16.5. The van der Waals surface area contributed by atoms with E-state index in [1.165, 1.54) is 12.8 Å². The topological polar surface area (TPSA) is 39.9 Å². The molecular weight excluding hydrogens is 238 g/mol. The zero-order valence-electron chi connectivity index (χ0n) is 11.2. The van der Waals surface area contributed by atoms with Gasteiger partial charge in [0.1, 0.15) is 0 Å². The van der Waals surface area contributed by atoms with Gasteiger partial charge in [0.2, 0.25) is 0 Å². The molecule has 1 aliphatic rings. The Hall–Kier alpha value is -1.68. The number of hydrogen-bond donors (Lipinski definition) is 0. The van der Waals surface area contributed by atoms with Crippen molar-refractivity contribution in [2.75, 3.05) is 6.61 Å². The molecule has 0 N–H and O–H groups in total. The highest BCUT2D eigenvalue weighted by Gasteiger charge is 2.24. The van der Waals surface area contributed by atoms with E-state index < -0.39 is 0 Å². The third-order valence-corrected chi connectivity index (χ3v) is 3.86. The van der Waals surface area contributed by atoms with Crippen molar-refractivity contribution in [3.8, 4) is 5.69 Å². The second-order valence-corrected chi connectivity index (χ2v) is 5.05. The number of aromatic nitrogens is 3. The van der Waals surface area contributed by atoms with Crippen molar-refractivity contribution in [1.29, 1.82) is 0 Å². The van der Waals surface area contributed by atoms with Crippen LogP contribution in [-0.2, 0) is 4.74 Å². The molecule has 2 aromatic heterocycles. The highest BCUT2D eigenvalue weighted by Crippen LogP contribution is 2.32. The van der Waals surface area contributed by atoms with E-state index in [4.69, 9.17) is 4.74 Å². The predicted octanol–water partition coefficient (Wildman–Crippen LogP) is 3.15. The molecule has 19 heavy (non-hydrogen) atoms. The summed E-state index contributed by atoms with van der Waals surface area (Å²) in [5, 5.41) is 4.41. The molecule has 2 aromatic rings. The fourth-order valence-corrected chi connectivity index (χ4v) is 2.62. The number of hydrogen-bond acceptors (Lipinski definition) is 3. The van der Waals surface area contributed by atoms with E-state index in [1.807, 2.05) is 23.0 Å². The number of pyridine rings is 1. The Balaban J connectivity index is 1.81. The third-order valence-electron chi connectivity index (χ3n) is 3.86. The van der Waals surface area contributed by atoms with Crippen molar-refractivity contribution >= 4 is 0 Å². The van der Waals surface area contributed by atoms with E-state index in [9.17, 15) is 0 Å². The first-order valence-electron chi connectivity index (χ1n) is 6.94. The molecule has 0 aromatic carbocycles. The lowest BCUT2D eigenvalue weighted by Crippen LogP contribution is -2.22. The maximum absolute atomic E-state index is 6.01. The summed E-state index contributed by atoms with van der Waals surface area (Å²) in [5.74, 6) is 0.716. The zero-order chi connectivity index (χ0) is 13.1. The van der Waals surface area contributed by atoms with Gasteiger partial charge in [-0.2, -0.15) is 5.10 Å². The van der Waals surface area contributed by atoms with Gasteiger partial charge in [-0.25, -0.2) is 4.68 Å². The van der Waals surface area contributed by atoms with Crippen LogP contribution in [0.3, 0.4) is 0 Å². The van der Waals surface area contributed by atoms with E-state index in [0.717, 1.165) is 24.4 Å². The molecule has 1 saturated heterocycles. The molecule has 0 aliphatic carbocycles. The SMILES string of the molecule is CCC1CCC(c2ccnn2-c2ccncc2)OC1. The van der Waals surface area contributed by atoms with E-state index in [0.29, 0.717) is 5.92 Å². The Morgan fingerprint density at radius 1 is 1.21 bits per heavy atom. The average Bonchev–Trinajstić information content (AvgIpc) is 2.98. The Bertz CT molecular complexity index is 515. The smallest absolute Gasteiger partial charge is 0.0996 e. The van der Waals surface area contributed by atoms with Crippen LogP contribution in [0.4, 0.5) is 0 Å². The minimum atomic E-state index is 0.165. The van der Waals surface area contributed by atoms with Gasteiger partial charge >= 0.3 is 0 Å². The second kappa shape index (κ2) is 5.53. The van der Waals surface area contributed by atoms with Gasteiger partial charge in [0.15, 0.2) is 0 Å². The first-order valence-corrected chi connectivity index (χ1v) is 6.94. The largest absolute Gasteiger partial charge is 0.372 e. The Morgan fingerprint density at radius 2 is 2.05 bits per heavy atom. The molecule has 0 saturated carbocycles. The van der Waals surface area contributed by atoms with Gasteiger partial charge in [-0.3, -0.25) is 4.98 Å². The molecule has 0 spiro atoms. The van der Waals surface area contributed by atoms with Crippen molar-refractivity contribution in [2.24, 2.45) is 5.92 Å². The fourth-order valence-electron chi connectivity index (χ4n) is 2.62. The van der Waals surface area contributed by atoms with Crippen LogP contribution in [0.5, 0.6) is 0 Å². The monoisotopic (exact) mass is 257 g/mol. The van der Waals surface area contributed by atoms with Crippen molar-refractivity contribution in [3.63, 3.8) is 0 Å². The lowest BCUT2D eigenvalue weighted by molar-refractivity contribution is -0.0215. The molecule has 2 atom stereocenters. The van der Waals surface area contributed by atoms with Crippen molar-refractivity contribution in [3.05, 3.63) is 42.5 Å². The molecule has 100 valence electrons. The summed E-state index contributed by atoms with van der Waals surface area (Å²) in [5.41, 5.74) is 2.18. The molecule has 4 heteroatoms. The molecule has 3 rings (SSSR count). The van der Waals surface area contributed by atoms with Crippen LogP contribution in [0.2, 0.25) is 0 Å². The van der Waals surface area contributed by atoms with Crippen LogP contribution in [-0.4, -0.2) is 21.4 Å². The summed E-state index contributed by atoms with van der Waals surface area (Å²) in [6.45, 7) is 3.10. The van der Waals surface area contributed by atoms with Crippen LogP contribution in [0, 0.1) is 5.92 Å². The molecular formula is C15H19N3O. The minimum absolute atomic E-state index is 0.165. The summed E-state index contributed by atoms with van der Waals surface area (Å²) in [4.78, 5) is 4.05. The van der Waals surface area contributed by atoms with Gasteiger partial charge in [0.05, 0.1) is 24.1 Å². The second-order valence-electron chi connectivity index (χ2n) is 5.05. The summed E-state index contributed by atoms with van der Waals surface area (Å²) in [6, 6.07) is 5.99.